The molecule has 2 heterocycles. The highest BCUT2D eigenvalue weighted by Crippen LogP contribution is 2.43. The Morgan fingerprint density at radius 2 is 1.71 bits per heavy atom. The number of amides is 2. The molecular weight excluding hydrogens is 304 g/mol. The molecule has 122 valence electrons. The Hall–Kier alpha value is -2.86. The quantitative estimate of drug-likeness (QED) is 0.881. The van der Waals surface area contributed by atoms with E-state index in [2.05, 4.69) is 10.6 Å². The Morgan fingerprint density at radius 1 is 1.00 bits per heavy atom. The summed E-state index contributed by atoms with van der Waals surface area (Å²) < 4.78 is 0. The standard InChI is InChI=1S/C18H18N4O2/c1-21(2)11-22-15-10-6-4-8-13(15)18(17(22)24)19-14-9-5-3-7-12(14)16(23)20-18/h3-10,19H,11H2,1-2H3,(H,20,23)/t18-/m1/s1. The SMILES string of the molecule is CN(C)CN1C(=O)[C@]2(NC(=O)c3ccccc3N2)c2ccccc21. The summed E-state index contributed by atoms with van der Waals surface area (Å²) in [5.74, 6) is -0.431. The lowest BCUT2D eigenvalue weighted by atomic mass is 9.96. The maximum absolute atomic E-state index is 13.3. The van der Waals surface area contributed by atoms with Crippen LogP contribution >= 0.6 is 0 Å². The smallest absolute Gasteiger partial charge is 0.279 e. The van der Waals surface area contributed by atoms with Crippen molar-refractivity contribution < 1.29 is 9.59 Å². The first-order valence-electron chi connectivity index (χ1n) is 7.79. The Morgan fingerprint density at radius 3 is 2.50 bits per heavy atom. The van der Waals surface area contributed by atoms with Crippen molar-refractivity contribution in [1.82, 2.24) is 10.2 Å². The van der Waals surface area contributed by atoms with Crippen molar-refractivity contribution in [3.63, 3.8) is 0 Å². The molecule has 2 aromatic rings. The van der Waals surface area contributed by atoms with Gasteiger partial charge in [-0.3, -0.25) is 19.4 Å². The summed E-state index contributed by atoms with van der Waals surface area (Å²) in [7, 11) is 3.81. The van der Waals surface area contributed by atoms with Crippen molar-refractivity contribution in [2.75, 3.05) is 31.0 Å². The van der Waals surface area contributed by atoms with Crippen LogP contribution in [0.15, 0.2) is 48.5 Å². The summed E-state index contributed by atoms with van der Waals surface area (Å²) in [6.45, 7) is 0.441. The van der Waals surface area contributed by atoms with Gasteiger partial charge in [0.1, 0.15) is 0 Å². The van der Waals surface area contributed by atoms with E-state index in [0.29, 0.717) is 17.9 Å². The van der Waals surface area contributed by atoms with Crippen molar-refractivity contribution in [3.05, 3.63) is 59.7 Å². The van der Waals surface area contributed by atoms with Gasteiger partial charge in [-0.2, -0.15) is 0 Å². The number of benzene rings is 2. The van der Waals surface area contributed by atoms with Crippen LogP contribution in [0.2, 0.25) is 0 Å². The molecule has 0 bridgehead atoms. The number of hydrogen-bond acceptors (Lipinski definition) is 4. The van der Waals surface area contributed by atoms with Gasteiger partial charge in [0.25, 0.3) is 11.8 Å². The predicted molar refractivity (Wildman–Crippen MR) is 91.7 cm³/mol. The van der Waals surface area contributed by atoms with Crippen molar-refractivity contribution in [2.45, 2.75) is 5.66 Å². The van der Waals surface area contributed by atoms with Crippen LogP contribution in [-0.2, 0) is 10.5 Å². The largest absolute Gasteiger partial charge is 0.350 e. The lowest BCUT2D eigenvalue weighted by Crippen LogP contribution is -2.61. The number of para-hydroxylation sites is 2. The molecule has 2 aliphatic rings. The minimum Gasteiger partial charge on any atom is -0.350 e. The minimum absolute atomic E-state index is 0.180. The molecule has 1 atom stereocenters. The van der Waals surface area contributed by atoms with Gasteiger partial charge in [-0.15, -0.1) is 0 Å². The van der Waals surface area contributed by atoms with Crippen LogP contribution in [0.5, 0.6) is 0 Å². The number of carbonyl (C=O) groups excluding carboxylic acids is 2. The van der Waals surface area contributed by atoms with Gasteiger partial charge >= 0.3 is 0 Å². The fourth-order valence-corrected chi connectivity index (χ4v) is 3.38. The summed E-state index contributed by atoms with van der Waals surface area (Å²) in [4.78, 5) is 29.5. The first kappa shape index (κ1) is 14.7. The zero-order chi connectivity index (χ0) is 16.9. The van der Waals surface area contributed by atoms with Crippen LogP contribution in [0.1, 0.15) is 15.9 Å². The number of nitrogens with one attached hydrogen (secondary N) is 2. The number of carbonyl (C=O) groups is 2. The summed E-state index contributed by atoms with van der Waals surface area (Å²) in [6, 6.07) is 14.8. The van der Waals surface area contributed by atoms with E-state index in [0.717, 1.165) is 11.3 Å². The predicted octanol–water partition coefficient (Wildman–Crippen LogP) is 1.56. The molecule has 2 amide bonds. The Kier molecular flexibility index (Phi) is 3.11. The van der Waals surface area contributed by atoms with Crippen LogP contribution in [0, 0.1) is 0 Å². The van der Waals surface area contributed by atoms with E-state index in [1.807, 2.05) is 55.4 Å². The lowest BCUT2D eigenvalue weighted by Gasteiger charge is -2.36. The van der Waals surface area contributed by atoms with E-state index in [1.165, 1.54) is 0 Å². The molecular formula is C18H18N4O2. The third kappa shape index (κ3) is 1.93. The molecule has 4 rings (SSSR count). The third-order valence-electron chi connectivity index (χ3n) is 4.38. The van der Waals surface area contributed by atoms with Crippen molar-refractivity contribution >= 4 is 23.2 Å². The molecule has 0 radical (unpaired) electrons. The maximum Gasteiger partial charge on any atom is 0.279 e. The molecule has 0 unspecified atom stereocenters. The van der Waals surface area contributed by atoms with Gasteiger partial charge in [0.2, 0.25) is 5.66 Å². The van der Waals surface area contributed by atoms with E-state index in [1.54, 1.807) is 17.0 Å². The number of hydrogen-bond donors (Lipinski definition) is 2. The molecule has 0 saturated heterocycles. The summed E-state index contributed by atoms with van der Waals surface area (Å²) in [6.07, 6.45) is 0. The van der Waals surface area contributed by atoms with Gasteiger partial charge in [-0.1, -0.05) is 30.3 Å². The van der Waals surface area contributed by atoms with Crippen molar-refractivity contribution in [3.8, 4) is 0 Å². The van der Waals surface area contributed by atoms with Gasteiger partial charge < -0.3 is 10.6 Å². The molecule has 24 heavy (non-hydrogen) atoms. The van der Waals surface area contributed by atoms with Gasteiger partial charge in [0, 0.05) is 11.3 Å². The second-order valence-corrected chi connectivity index (χ2v) is 6.35. The molecule has 2 aliphatic heterocycles. The average molecular weight is 322 g/mol. The maximum atomic E-state index is 13.3. The van der Waals surface area contributed by atoms with E-state index in [-0.39, 0.29) is 11.8 Å². The van der Waals surface area contributed by atoms with Crippen LogP contribution < -0.4 is 15.5 Å². The monoisotopic (exact) mass is 322 g/mol. The van der Waals surface area contributed by atoms with E-state index in [4.69, 9.17) is 0 Å². The minimum atomic E-state index is -1.25. The zero-order valence-electron chi connectivity index (χ0n) is 13.5. The zero-order valence-corrected chi connectivity index (χ0v) is 13.5. The molecule has 1 spiro atoms. The first-order chi connectivity index (χ1) is 11.5. The Bertz CT molecular complexity index is 848. The topological polar surface area (TPSA) is 64.7 Å². The van der Waals surface area contributed by atoms with Crippen LogP contribution in [-0.4, -0.2) is 37.5 Å². The van der Waals surface area contributed by atoms with Gasteiger partial charge in [-0.05, 0) is 32.3 Å². The van der Waals surface area contributed by atoms with Gasteiger partial charge in [0.05, 0.1) is 17.9 Å². The molecule has 6 heteroatoms. The molecule has 2 aromatic carbocycles. The second-order valence-electron chi connectivity index (χ2n) is 6.35. The molecule has 0 aromatic heterocycles. The summed E-state index contributed by atoms with van der Waals surface area (Å²) in [5.41, 5.74) is 1.52. The highest BCUT2D eigenvalue weighted by molar-refractivity contribution is 6.15. The van der Waals surface area contributed by atoms with E-state index < -0.39 is 5.66 Å². The molecule has 2 N–H and O–H groups in total. The second kappa shape index (κ2) is 5.07. The first-order valence-corrected chi connectivity index (χ1v) is 7.79. The number of fused-ring (bicyclic) bond motifs is 3. The van der Waals surface area contributed by atoms with E-state index in [9.17, 15) is 9.59 Å². The Balaban J connectivity index is 1.87. The average Bonchev–Trinajstić information content (AvgIpc) is 2.78. The molecule has 0 saturated carbocycles. The fraction of sp³-hybridized carbons (Fsp3) is 0.222. The lowest BCUT2D eigenvalue weighted by molar-refractivity contribution is -0.123. The van der Waals surface area contributed by atoms with Crippen molar-refractivity contribution in [2.24, 2.45) is 0 Å². The van der Waals surface area contributed by atoms with Crippen LogP contribution in [0.25, 0.3) is 0 Å². The third-order valence-corrected chi connectivity index (χ3v) is 4.38. The molecule has 6 nitrogen and oxygen atoms in total. The van der Waals surface area contributed by atoms with Crippen LogP contribution in [0.3, 0.4) is 0 Å². The highest BCUT2D eigenvalue weighted by Gasteiger charge is 2.54. The van der Waals surface area contributed by atoms with Crippen LogP contribution in [0.4, 0.5) is 11.4 Å². The van der Waals surface area contributed by atoms with Gasteiger partial charge in [0.15, 0.2) is 0 Å². The van der Waals surface area contributed by atoms with Gasteiger partial charge in [-0.25, -0.2) is 0 Å². The number of rotatable bonds is 2. The number of anilines is 2. The van der Waals surface area contributed by atoms with Crippen molar-refractivity contribution in [1.29, 1.82) is 0 Å². The number of nitrogens with zero attached hydrogens (tertiary/aromatic N) is 2. The Labute approximate surface area is 140 Å². The summed E-state index contributed by atoms with van der Waals surface area (Å²) >= 11 is 0. The van der Waals surface area contributed by atoms with E-state index >= 15 is 0 Å². The normalized spacial score (nSPS) is 21.5. The fourth-order valence-electron chi connectivity index (χ4n) is 3.38. The summed E-state index contributed by atoms with van der Waals surface area (Å²) in [5, 5.41) is 6.17. The molecule has 0 aliphatic carbocycles. The molecule has 0 fully saturated rings. The highest BCUT2D eigenvalue weighted by atomic mass is 16.2.